The molecule has 1 aromatic heterocycles. The summed E-state index contributed by atoms with van der Waals surface area (Å²) in [6.45, 7) is 1.59. The fraction of sp³-hybridized carbons (Fsp3) is 0.545. The highest BCUT2D eigenvalue weighted by Gasteiger charge is 2.05. The van der Waals surface area contributed by atoms with E-state index in [4.69, 9.17) is 0 Å². The van der Waals surface area contributed by atoms with E-state index in [1.54, 1.807) is 19.0 Å². The molecule has 0 radical (unpaired) electrons. The Hall–Kier alpha value is -1.29. The molecule has 0 unspecified atom stereocenters. The molecule has 0 aliphatic rings. The van der Waals surface area contributed by atoms with Crippen LogP contribution >= 0.6 is 0 Å². The first-order chi connectivity index (χ1) is 7.15. The molecule has 1 rings (SSSR count). The molecule has 1 N–H and O–H groups in total. The molecule has 1 aromatic rings. The first kappa shape index (κ1) is 11.8. The predicted molar refractivity (Wildman–Crippen MR) is 60.5 cm³/mol. The highest BCUT2D eigenvalue weighted by atomic mass is 16.2. The van der Waals surface area contributed by atoms with Gasteiger partial charge in [0.1, 0.15) is 0 Å². The fourth-order valence-electron chi connectivity index (χ4n) is 1.45. The van der Waals surface area contributed by atoms with Crippen molar-refractivity contribution >= 4 is 5.91 Å². The largest absolute Gasteiger partial charge is 0.350 e. The summed E-state index contributed by atoms with van der Waals surface area (Å²) in [5.74, 6) is 0.166. The van der Waals surface area contributed by atoms with Crippen LogP contribution in [-0.4, -0.2) is 36.5 Å². The Labute approximate surface area is 90.9 Å². The molecule has 0 bridgehead atoms. The average Bonchev–Trinajstić information content (AvgIpc) is 2.62. The summed E-state index contributed by atoms with van der Waals surface area (Å²) in [7, 11) is 5.49. The Bertz CT molecular complexity index is 317. The van der Waals surface area contributed by atoms with Gasteiger partial charge in [-0.15, -0.1) is 0 Å². The van der Waals surface area contributed by atoms with E-state index in [0.29, 0.717) is 6.42 Å². The van der Waals surface area contributed by atoms with E-state index in [0.717, 1.165) is 13.1 Å². The van der Waals surface area contributed by atoms with Gasteiger partial charge < -0.3 is 14.8 Å². The van der Waals surface area contributed by atoms with Crippen LogP contribution in [0.4, 0.5) is 0 Å². The van der Waals surface area contributed by atoms with Crippen LogP contribution in [0.1, 0.15) is 12.1 Å². The van der Waals surface area contributed by atoms with Crippen molar-refractivity contribution in [2.45, 2.75) is 19.5 Å². The molecule has 4 nitrogen and oxygen atoms in total. The van der Waals surface area contributed by atoms with Crippen LogP contribution in [0.25, 0.3) is 0 Å². The second kappa shape index (κ2) is 5.56. The van der Waals surface area contributed by atoms with Crippen molar-refractivity contribution in [3.8, 4) is 0 Å². The van der Waals surface area contributed by atoms with Crippen molar-refractivity contribution in [2.24, 2.45) is 0 Å². The second-order valence-corrected chi connectivity index (χ2v) is 3.76. The number of amides is 1. The lowest BCUT2D eigenvalue weighted by Gasteiger charge is -2.12. The van der Waals surface area contributed by atoms with Crippen LogP contribution in [0.15, 0.2) is 18.3 Å². The molecule has 0 saturated carbocycles. The Morgan fingerprint density at radius 3 is 2.87 bits per heavy atom. The number of carbonyl (C=O) groups is 1. The van der Waals surface area contributed by atoms with Crippen LogP contribution in [-0.2, 0) is 17.9 Å². The molecule has 0 saturated heterocycles. The highest BCUT2D eigenvalue weighted by molar-refractivity contribution is 5.75. The lowest BCUT2D eigenvalue weighted by molar-refractivity contribution is -0.128. The zero-order valence-electron chi connectivity index (χ0n) is 9.66. The Balaban J connectivity index is 2.50. The lowest BCUT2D eigenvalue weighted by atomic mass is 10.3. The zero-order chi connectivity index (χ0) is 11.3. The van der Waals surface area contributed by atoms with Gasteiger partial charge in [-0.1, -0.05) is 0 Å². The summed E-state index contributed by atoms with van der Waals surface area (Å²) in [5.41, 5.74) is 1.21. The standard InChI is InChI=1S/C11H19N3O/c1-12-9-10-5-4-7-14(10)8-6-11(15)13(2)3/h4-5,7,12H,6,8-9H2,1-3H3. The van der Waals surface area contributed by atoms with Gasteiger partial charge in [-0.25, -0.2) is 0 Å². The van der Waals surface area contributed by atoms with Crippen molar-refractivity contribution in [2.75, 3.05) is 21.1 Å². The minimum absolute atomic E-state index is 0.166. The SMILES string of the molecule is CNCc1cccn1CCC(=O)N(C)C. The van der Waals surface area contributed by atoms with Gasteiger partial charge in [-0.05, 0) is 19.2 Å². The zero-order valence-corrected chi connectivity index (χ0v) is 9.66. The molecule has 4 heteroatoms. The van der Waals surface area contributed by atoms with E-state index >= 15 is 0 Å². The van der Waals surface area contributed by atoms with Gasteiger partial charge >= 0.3 is 0 Å². The van der Waals surface area contributed by atoms with Gasteiger partial charge in [-0.3, -0.25) is 4.79 Å². The highest BCUT2D eigenvalue weighted by Crippen LogP contribution is 2.03. The van der Waals surface area contributed by atoms with Crippen LogP contribution in [0, 0.1) is 0 Å². The Morgan fingerprint density at radius 2 is 2.27 bits per heavy atom. The number of hydrogen-bond acceptors (Lipinski definition) is 2. The van der Waals surface area contributed by atoms with Crippen molar-refractivity contribution in [3.05, 3.63) is 24.0 Å². The van der Waals surface area contributed by atoms with E-state index in [-0.39, 0.29) is 5.91 Å². The molecule has 0 atom stereocenters. The first-order valence-electron chi connectivity index (χ1n) is 5.14. The van der Waals surface area contributed by atoms with Gasteiger partial charge in [0.25, 0.3) is 0 Å². The number of hydrogen-bond donors (Lipinski definition) is 1. The summed E-state index contributed by atoms with van der Waals surface area (Å²) < 4.78 is 2.11. The molecular formula is C11H19N3O. The molecule has 84 valence electrons. The normalized spacial score (nSPS) is 10.3. The van der Waals surface area contributed by atoms with E-state index < -0.39 is 0 Å². The smallest absolute Gasteiger partial charge is 0.223 e. The van der Waals surface area contributed by atoms with Gasteiger partial charge in [0.05, 0.1) is 0 Å². The van der Waals surface area contributed by atoms with Crippen LogP contribution in [0.3, 0.4) is 0 Å². The molecule has 15 heavy (non-hydrogen) atoms. The molecule has 1 amide bonds. The topological polar surface area (TPSA) is 37.3 Å². The molecule has 0 aliphatic heterocycles. The predicted octanol–water partition coefficient (Wildman–Crippen LogP) is 0.686. The van der Waals surface area contributed by atoms with Crippen LogP contribution in [0.2, 0.25) is 0 Å². The summed E-state index contributed by atoms with van der Waals surface area (Å²) in [4.78, 5) is 13.0. The number of nitrogens with zero attached hydrogens (tertiary/aromatic N) is 2. The Kier molecular flexibility index (Phi) is 4.37. The summed E-state index contributed by atoms with van der Waals surface area (Å²) >= 11 is 0. The number of aromatic nitrogens is 1. The van der Waals surface area contributed by atoms with Crippen molar-refractivity contribution < 1.29 is 4.79 Å². The lowest BCUT2D eigenvalue weighted by Crippen LogP contribution is -2.23. The van der Waals surface area contributed by atoms with E-state index in [1.807, 2.05) is 19.3 Å². The third kappa shape index (κ3) is 3.40. The molecule has 1 heterocycles. The fourth-order valence-corrected chi connectivity index (χ4v) is 1.45. The van der Waals surface area contributed by atoms with Crippen molar-refractivity contribution in [1.29, 1.82) is 0 Å². The molecule has 0 spiro atoms. The Morgan fingerprint density at radius 1 is 1.53 bits per heavy atom. The minimum atomic E-state index is 0.166. The maximum atomic E-state index is 11.4. The van der Waals surface area contributed by atoms with Gasteiger partial charge in [0.2, 0.25) is 5.91 Å². The second-order valence-electron chi connectivity index (χ2n) is 3.76. The average molecular weight is 209 g/mol. The molecular weight excluding hydrogens is 190 g/mol. The maximum absolute atomic E-state index is 11.4. The molecule has 0 aliphatic carbocycles. The summed E-state index contributed by atoms with van der Waals surface area (Å²) in [5, 5.41) is 3.10. The van der Waals surface area contributed by atoms with Crippen molar-refractivity contribution in [3.63, 3.8) is 0 Å². The van der Waals surface area contributed by atoms with E-state index in [2.05, 4.69) is 16.0 Å². The number of rotatable bonds is 5. The first-order valence-corrected chi connectivity index (χ1v) is 5.14. The van der Waals surface area contributed by atoms with Gasteiger partial charge in [0.15, 0.2) is 0 Å². The minimum Gasteiger partial charge on any atom is -0.350 e. The van der Waals surface area contributed by atoms with Crippen LogP contribution < -0.4 is 5.32 Å². The summed E-state index contributed by atoms with van der Waals surface area (Å²) in [6, 6.07) is 4.07. The number of nitrogens with one attached hydrogen (secondary N) is 1. The summed E-state index contributed by atoms with van der Waals surface area (Å²) in [6.07, 6.45) is 2.56. The van der Waals surface area contributed by atoms with Gasteiger partial charge in [0, 0.05) is 45.5 Å². The third-order valence-electron chi connectivity index (χ3n) is 2.35. The maximum Gasteiger partial charge on any atom is 0.223 e. The van der Waals surface area contributed by atoms with E-state index in [9.17, 15) is 4.79 Å². The number of carbonyl (C=O) groups excluding carboxylic acids is 1. The van der Waals surface area contributed by atoms with Crippen molar-refractivity contribution in [1.82, 2.24) is 14.8 Å². The van der Waals surface area contributed by atoms with Gasteiger partial charge in [-0.2, -0.15) is 0 Å². The molecule has 0 fully saturated rings. The monoisotopic (exact) mass is 209 g/mol. The van der Waals surface area contributed by atoms with Crippen LogP contribution in [0.5, 0.6) is 0 Å². The molecule has 0 aromatic carbocycles. The number of aryl methyl sites for hydroxylation is 1. The third-order valence-corrected chi connectivity index (χ3v) is 2.35. The van der Waals surface area contributed by atoms with E-state index in [1.165, 1.54) is 5.69 Å². The quantitative estimate of drug-likeness (QED) is 0.774.